The molecule has 0 bridgehead atoms. The monoisotopic (exact) mass is 466 g/mol. The number of carbonyl (C=O) groups is 1. The molecule has 3 aliphatic rings. The second-order valence-electron chi connectivity index (χ2n) is 8.56. The second kappa shape index (κ2) is 8.12. The van der Waals surface area contributed by atoms with E-state index in [1.165, 1.54) is 18.3 Å². The van der Waals surface area contributed by atoms with E-state index in [1.54, 1.807) is 11.8 Å². The fourth-order valence-electron chi connectivity index (χ4n) is 5.02. The average molecular weight is 466 g/mol. The molecule has 1 spiro atoms. The molecular formula is C22H22F4N4O3. The van der Waals surface area contributed by atoms with Gasteiger partial charge in [-0.1, -0.05) is 0 Å². The Morgan fingerprint density at radius 1 is 1.15 bits per heavy atom. The average Bonchev–Trinajstić information content (AvgIpc) is 3.27. The van der Waals surface area contributed by atoms with Crippen LogP contribution in [0.3, 0.4) is 0 Å². The van der Waals surface area contributed by atoms with Crippen LogP contribution in [0.25, 0.3) is 0 Å². The van der Waals surface area contributed by atoms with Crippen molar-refractivity contribution in [1.82, 2.24) is 14.9 Å². The van der Waals surface area contributed by atoms with E-state index in [0.29, 0.717) is 56.0 Å². The smallest absolute Gasteiger partial charge is 0.387 e. The maximum atomic E-state index is 13.8. The Bertz CT molecular complexity index is 1060. The zero-order valence-corrected chi connectivity index (χ0v) is 17.8. The van der Waals surface area contributed by atoms with Crippen molar-refractivity contribution in [2.45, 2.75) is 57.1 Å². The number of benzene rings is 1. The fraction of sp³-hybridized carbons (Fsp3) is 0.500. The minimum Gasteiger partial charge on any atom is -0.431 e. The number of aromatic nitrogens is 2. The van der Waals surface area contributed by atoms with Crippen molar-refractivity contribution < 1.29 is 31.8 Å². The number of hydrogen-bond acceptors (Lipinski definition) is 6. The molecule has 0 saturated carbocycles. The summed E-state index contributed by atoms with van der Waals surface area (Å²) in [6, 6.07) is 2.90. The van der Waals surface area contributed by atoms with Crippen molar-refractivity contribution in [2.24, 2.45) is 0 Å². The molecule has 2 aromatic rings. The van der Waals surface area contributed by atoms with Gasteiger partial charge in [0.05, 0.1) is 17.9 Å². The highest BCUT2D eigenvalue weighted by molar-refractivity contribution is 5.88. The second-order valence-corrected chi connectivity index (χ2v) is 8.56. The summed E-state index contributed by atoms with van der Waals surface area (Å²) in [6.07, 6.45) is 2.73. The Balaban J connectivity index is 1.30. The number of fused-ring (bicyclic) bond motifs is 1. The van der Waals surface area contributed by atoms with Crippen molar-refractivity contribution in [2.75, 3.05) is 18.0 Å². The number of anilines is 1. The zero-order valence-electron chi connectivity index (χ0n) is 17.8. The molecule has 0 radical (unpaired) electrons. The van der Waals surface area contributed by atoms with Crippen LogP contribution in [0.15, 0.2) is 24.4 Å². The molecule has 2 unspecified atom stereocenters. The highest BCUT2D eigenvalue weighted by Crippen LogP contribution is 2.48. The van der Waals surface area contributed by atoms with Gasteiger partial charge in [0.15, 0.2) is 11.4 Å². The number of carbonyl (C=O) groups excluding carboxylic acids is 1. The predicted molar refractivity (Wildman–Crippen MR) is 108 cm³/mol. The molecule has 5 rings (SSSR count). The lowest BCUT2D eigenvalue weighted by atomic mass is 9.89. The summed E-state index contributed by atoms with van der Waals surface area (Å²) in [5.41, 5.74) is -0.282. The van der Waals surface area contributed by atoms with Crippen LogP contribution < -0.4 is 9.64 Å². The molecule has 11 heteroatoms. The highest BCUT2D eigenvalue weighted by atomic mass is 19.3. The summed E-state index contributed by atoms with van der Waals surface area (Å²) in [5, 5.41) is 0. The van der Waals surface area contributed by atoms with Gasteiger partial charge in [0.25, 0.3) is 5.91 Å². The summed E-state index contributed by atoms with van der Waals surface area (Å²) in [4.78, 5) is 25.3. The van der Waals surface area contributed by atoms with Crippen LogP contribution in [-0.2, 0) is 9.53 Å². The van der Waals surface area contributed by atoms with Gasteiger partial charge in [-0.3, -0.25) is 4.79 Å². The van der Waals surface area contributed by atoms with Crippen LogP contribution in [0.1, 0.15) is 43.0 Å². The lowest BCUT2D eigenvalue weighted by molar-refractivity contribution is -0.140. The number of amides is 1. The van der Waals surface area contributed by atoms with E-state index in [1.807, 2.05) is 4.90 Å². The normalized spacial score (nSPS) is 24.1. The van der Waals surface area contributed by atoms with Crippen molar-refractivity contribution >= 4 is 11.9 Å². The van der Waals surface area contributed by atoms with Gasteiger partial charge in [0.1, 0.15) is 17.9 Å². The van der Waals surface area contributed by atoms with Gasteiger partial charge in [-0.15, -0.1) is 0 Å². The number of halogens is 4. The molecule has 0 aliphatic carbocycles. The van der Waals surface area contributed by atoms with Gasteiger partial charge < -0.3 is 19.3 Å². The van der Waals surface area contributed by atoms with Gasteiger partial charge in [-0.05, 0) is 37.5 Å². The van der Waals surface area contributed by atoms with E-state index in [0.717, 1.165) is 6.07 Å². The molecule has 1 aromatic carbocycles. The molecule has 7 nitrogen and oxygen atoms in total. The molecule has 176 valence electrons. The van der Waals surface area contributed by atoms with E-state index in [2.05, 4.69) is 14.7 Å². The Morgan fingerprint density at radius 3 is 2.48 bits per heavy atom. The van der Waals surface area contributed by atoms with E-state index in [-0.39, 0.29) is 11.7 Å². The Labute approximate surface area is 187 Å². The number of aryl methyl sites for hydroxylation is 1. The third kappa shape index (κ3) is 3.88. The van der Waals surface area contributed by atoms with Crippen LogP contribution in [0.2, 0.25) is 0 Å². The van der Waals surface area contributed by atoms with Crippen molar-refractivity contribution in [3.05, 3.63) is 47.3 Å². The third-order valence-electron chi connectivity index (χ3n) is 6.58. The molecule has 4 heterocycles. The molecule has 2 atom stereocenters. The number of alkyl halides is 2. The SMILES string of the molecule is Cc1nc(N2CCC3(CC2)OC2CCC(c4cc(F)cc(F)c4)N2C3=O)ncc1OC(F)F. The van der Waals surface area contributed by atoms with Gasteiger partial charge in [-0.25, -0.2) is 18.7 Å². The topological polar surface area (TPSA) is 67.8 Å². The summed E-state index contributed by atoms with van der Waals surface area (Å²) < 4.78 is 63.0. The van der Waals surface area contributed by atoms with Gasteiger partial charge in [0, 0.05) is 32.0 Å². The molecule has 0 N–H and O–H groups in total. The van der Waals surface area contributed by atoms with Crippen LogP contribution in [0.4, 0.5) is 23.5 Å². The zero-order chi connectivity index (χ0) is 23.3. The number of piperidine rings is 1. The van der Waals surface area contributed by atoms with E-state index >= 15 is 0 Å². The van der Waals surface area contributed by atoms with E-state index in [4.69, 9.17) is 4.74 Å². The number of rotatable bonds is 4. The third-order valence-corrected chi connectivity index (χ3v) is 6.58. The van der Waals surface area contributed by atoms with Gasteiger partial charge in [-0.2, -0.15) is 8.78 Å². The lowest BCUT2D eigenvalue weighted by Gasteiger charge is -2.37. The van der Waals surface area contributed by atoms with Crippen LogP contribution in [0, 0.1) is 18.6 Å². The number of ether oxygens (including phenoxy) is 2. The summed E-state index contributed by atoms with van der Waals surface area (Å²) in [6.45, 7) is -0.539. The molecule has 1 aromatic heterocycles. The highest BCUT2D eigenvalue weighted by Gasteiger charge is 2.58. The summed E-state index contributed by atoms with van der Waals surface area (Å²) in [7, 11) is 0. The van der Waals surface area contributed by atoms with Crippen molar-refractivity contribution in [3.8, 4) is 5.75 Å². The van der Waals surface area contributed by atoms with Gasteiger partial charge in [0.2, 0.25) is 5.95 Å². The first-order chi connectivity index (χ1) is 15.8. The molecule has 33 heavy (non-hydrogen) atoms. The molecule has 3 saturated heterocycles. The lowest BCUT2D eigenvalue weighted by Crippen LogP contribution is -2.50. The standard InChI is InChI=1S/C22H22F4N4O3/c1-12-17(32-20(25)26)11-27-21(28-12)29-6-4-22(5-7-29)19(31)30-16(2-3-18(30)33-22)13-8-14(23)10-15(24)9-13/h8-11,16,18,20H,2-7H2,1H3. The quantitative estimate of drug-likeness (QED) is 0.640. The number of nitrogens with zero attached hydrogens (tertiary/aromatic N) is 4. The minimum absolute atomic E-state index is 0.0861. The predicted octanol–water partition coefficient (Wildman–Crippen LogP) is 3.72. The molecule has 1 amide bonds. The van der Waals surface area contributed by atoms with Gasteiger partial charge >= 0.3 is 6.61 Å². The Kier molecular flexibility index (Phi) is 5.38. The Hall–Kier alpha value is -2.95. The summed E-state index contributed by atoms with van der Waals surface area (Å²) >= 11 is 0. The minimum atomic E-state index is -2.96. The Morgan fingerprint density at radius 2 is 1.85 bits per heavy atom. The van der Waals surface area contributed by atoms with Crippen molar-refractivity contribution in [3.63, 3.8) is 0 Å². The maximum Gasteiger partial charge on any atom is 0.387 e. The van der Waals surface area contributed by atoms with E-state index < -0.39 is 36.1 Å². The van der Waals surface area contributed by atoms with Crippen LogP contribution in [0.5, 0.6) is 5.75 Å². The first kappa shape index (κ1) is 21.9. The molecule has 3 fully saturated rings. The molecular weight excluding hydrogens is 444 g/mol. The molecule has 3 aliphatic heterocycles. The first-order valence-electron chi connectivity index (χ1n) is 10.8. The maximum absolute atomic E-state index is 13.8. The van der Waals surface area contributed by atoms with E-state index in [9.17, 15) is 22.4 Å². The first-order valence-corrected chi connectivity index (χ1v) is 10.8. The number of hydrogen-bond donors (Lipinski definition) is 0. The summed E-state index contributed by atoms with van der Waals surface area (Å²) in [5.74, 6) is -1.24. The van der Waals surface area contributed by atoms with Crippen molar-refractivity contribution in [1.29, 1.82) is 0 Å². The van der Waals surface area contributed by atoms with Crippen LogP contribution in [-0.4, -0.2) is 52.3 Å². The fourth-order valence-corrected chi connectivity index (χ4v) is 5.02. The largest absolute Gasteiger partial charge is 0.431 e. The van der Waals surface area contributed by atoms with Crippen LogP contribution >= 0.6 is 0 Å².